The number of aromatic nitrogens is 1. The van der Waals surface area contributed by atoms with Crippen molar-refractivity contribution in [2.24, 2.45) is 5.73 Å². The minimum atomic E-state index is -1.03. The molecule has 0 radical (unpaired) electrons. The van der Waals surface area contributed by atoms with Crippen LogP contribution in [0.15, 0.2) is 47.4 Å². The molecule has 1 aromatic carbocycles. The summed E-state index contributed by atoms with van der Waals surface area (Å²) >= 11 is 0. The molecule has 7 heteroatoms. The molecule has 3 N–H and O–H groups in total. The predicted octanol–water partition coefficient (Wildman–Crippen LogP) is 0.459. The lowest BCUT2D eigenvalue weighted by Crippen LogP contribution is -2.26. The van der Waals surface area contributed by atoms with Crippen molar-refractivity contribution in [3.05, 3.63) is 64.1 Å². The Hall–Kier alpha value is -3.09. The highest BCUT2D eigenvalue weighted by molar-refractivity contribution is 5.87. The van der Waals surface area contributed by atoms with Crippen molar-refractivity contribution >= 4 is 11.9 Å². The van der Waals surface area contributed by atoms with E-state index in [0.29, 0.717) is 5.56 Å². The maximum atomic E-state index is 12.2. The summed E-state index contributed by atoms with van der Waals surface area (Å²) in [5, 5.41) is 8.96. The van der Waals surface area contributed by atoms with Gasteiger partial charge >= 0.3 is 5.97 Å². The smallest absolute Gasteiger partial charge is 0.335 e. The first-order valence-electron chi connectivity index (χ1n) is 6.40. The standard InChI is InChI=1S/C15H14N2O5/c16-13(18)9-22-12-5-2-6-17(14(12)19)8-10-3-1-4-11(7-10)15(20)21/h1-7H,8-9H2,(H2,16,18)(H,20,21). The SMILES string of the molecule is NC(=O)COc1cccn(Cc2cccc(C(=O)O)c2)c1=O. The fraction of sp³-hybridized carbons (Fsp3) is 0.133. The van der Waals surface area contributed by atoms with Crippen molar-refractivity contribution in [1.82, 2.24) is 4.57 Å². The summed E-state index contributed by atoms with van der Waals surface area (Å²) < 4.78 is 6.39. The molecule has 1 heterocycles. The second kappa shape index (κ2) is 6.57. The first-order chi connectivity index (χ1) is 10.5. The number of hydrogen-bond acceptors (Lipinski definition) is 4. The zero-order valence-electron chi connectivity index (χ0n) is 11.6. The number of aromatic carboxylic acids is 1. The van der Waals surface area contributed by atoms with Gasteiger partial charge in [0.05, 0.1) is 12.1 Å². The summed E-state index contributed by atoms with van der Waals surface area (Å²) in [6.07, 6.45) is 1.55. The van der Waals surface area contributed by atoms with Crippen molar-refractivity contribution in [3.8, 4) is 5.75 Å². The lowest BCUT2D eigenvalue weighted by molar-refractivity contribution is -0.119. The minimum absolute atomic E-state index is 0.00990. The molecule has 0 saturated heterocycles. The van der Waals surface area contributed by atoms with E-state index >= 15 is 0 Å². The molecule has 0 bridgehead atoms. The molecule has 0 aliphatic rings. The third-order valence-electron chi connectivity index (χ3n) is 2.88. The number of rotatable bonds is 6. The van der Waals surface area contributed by atoms with Gasteiger partial charge in [-0.15, -0.1) is 0 Å². The highest BCUT2D eigenvalue weighted by Crippen LogP contribution is 2.08. The summed E-state index contributed by atoms with van der Waals surface area (Å²) in [4.78, 5) is 33.8. The Morgan fingerprint density at radius 2 is 2.00 bits per heavy atom. The molecule has 0 atom stereocenters. The van der Waals surface area contributed by atoms with Gasteiger partial charge in [0.1, 0.15) is 0 Å². The summed E-state index contributed by atoms with van der Waals surface area (Å²) in [5.74, 6) is -1.70. The van der Waals surface area contributed by atoms with Gasteiger partial charge in [0.15, 0.2) is 12.4 Å². The maximum absolute atomic E-state index is 12.2. The second-order valence-corrected chi connectivity index (χ2v) is 4.57. The van der Waals surface area contributed by atoms with E-state index < -0.39 is 17.4 Å². The molecule has 1 amide bonds. The zero-order chi connectivity index (χ0) is 16.1. The van der Waals surface area contributed by atoms with Crippen LogP contribution >= 0.6 is 0 Å². The topological polar surface area (TPSA) is 112 Å². The molecular weight excluding hydrogens is 288 g/mol. The summed E-state index contributed by atoms with van der Waals surface area (Å²) in [5.41, 5.74) is 5.35. The predicted molar refractivity (Wildman–Crippen MR) is 77.9 cm³/mol. The minimum Gasteiger partial charge on any atom is -0.478 e. The van der Waals surface area contributed by atoms with Gasteiger partial charge in [0.25, 0.3) is 11.5 Å². The lowest BCUT2D eigenvalue weighted by atomic mass is 10.1. The first-order valence-corrected chi connectivity index (χ1v) is 6.40. The highest BCUT2D eigenvalue weighted by Gasteiger charge is 2.08. The summed E-state index contributed by atoms with van der Waals surface area (Å²) in [6.45, 7) is -0.193. The number of nitrogens with zero attached hydrogens (tertiary/aromatic N) is 1. The Bertz CT molecular complexity index is 767. The average molecular weight is 302 g/mol. The molecule has 2 rings (SSSR count). The van der Waals surface area contributed by atoms with Gasteiger partial charge < -0.3 is 20.1 Å². The van der Waals surface area contributed by atoms with Crippen molar-refractivity contribution in [3.63, 3.8) is 0 Å². The number of carbonyl (C=O) groups is 2. The Kier molecular flexibility index (Phi) is 4.57. The van der Waals surface area contributed by atoms with Crippen LogP contribution in [0.25, 0.3) is 0 Å². The van der Waals surface area contributed by atoms with Gasteiger partial charge in [-0.25, -0.2) is 4.79 Å². The van der Waals surface area contributed by atoms with E-state index in [1.54, 1.807) is 24.4 Å². The van der Waals surface area contributed by atoms with E-state index in [0.717, 1.165) is 0 Å². The van der Waals surface area contributed by atoms with Gasteiger partial charge in [0, 0.05) is 6.20 Å². The largest absolute Gasteiger partial charge is 0.478 e. The molecular formula is C15H14N2O5. The molecule has 0 aliphatic carbocycles. The Morgan fingerprint density at radius 1 is 1.23 bits per heavy atom. The van der Waals surface area contributed by atoms with Crippen molar-refractivity contribution in [2.45, 2.75) is 6.54 Å². The quantitative estimate of drug-likeness (QED) is 0.805. The fourth-order valence-electron chi connectivity index (χ4n) is 1.90. The number of carboxylic acid groups (broad SMARTS) is 1. The number of pyridine rings is 1. The van der Waals surface area contributed by atoms with Crippen LogP contribution in [0.1, 0.15) is 15.9 Å². The van der Waals surface area contributed by atoms with Crippen LogP contribution < -0.4 is 16.0 Å². The second-order valence-electron chi connectivity index (χ2n) is 4.57. The fourth-order valence-corrected chi connectivity index (χ4v) is 1.90. The van der Waals surface area contributed by atoms with E-state index in [4.69, 9.17) is 15.6 Å². The van der Waals surface area contributed by atoms with Crippen molar-refractivity contribution < 1.29 is 19.4 Å². The van der Waals surface area contributed by atoms with Crippen LogP contribution in [0.2, 0.25) is 0 Å². The number of hydrogen-bond donors (Lipinski definition) is 2. The Balaban J connectivity index is 2.25. The number of primary amides is 1. The lowest BCUT2D eigenvalue weighted by Gasteiger charge is -2.09. The molecule has 114 valence electrons. The van der Waals surface area contributed by atoms with Crippen LogP contribution in [0, 0.1) is 0 Å². The third kappa shape index (κ3) is 3.72. The van der Waals surface area contributed by atoms with Crippen LogP contribution in [0.5, 0.6) is 5.75 Å². The number of ether oxygens (including phenoxy) is 1. The zero-order valence-corrected chi connectivity index (χ0v) is 11.6. The van der Waals surface area contributed by atoms with Crippen molar-refractivity contribution in [2.75, 3.05) is 6.61 Å². The summed E-state index contributed by atoms with van der Waals surface area (Å²) in [6, 6.07) is 9.33. The van der Waals surface area contributed by atoms with Crippen LogP contribution in [-0.4, -0.2) is 28.2 Å². The molecule has 2 aromatic rings. The molecule has 1 aromatic heterocycles. The number of nitrogens with two attached hydrogens (primary N) is 1. The summed E-state index contributed by atoms with van der Waals surface area (Å²) in [7, 11) is 0. The van der Waals surface area contributed by atoms with E-state index in [1.807, 2.05) is 0 Å². The van der Waals surface area contributed by atoms with Gasteiger partial charge in [-0.05, 0) is 29.8 Å². The third-order valence-corrected chi connectivity index (χ3v) is 2.88. The molecule has 0 fully saturated rings. The van der Waals surface area contributed by atoms with Crippen LogP contribution in [-0.2, 0) is 11.3 Å². The van der Waals surface area contributed by atoms with E-state index in [2.05, 4.69) is 0 Å². The number of carbonyl (C=O) groups excluding carboxylic acids is 1. The van der Waals surface area contributed by atoms with Gasteiger partial charge in [-0.3, -0.25) is 9.59 Å². The number of amides is 1. The number of benzene rings is 1. The normalized spacial score (nSPS) is 10.2. The monoisotopic (exact) mass is 302 g/mol. The maximum Gasteiger partial charge on any atom is 0.335 e. The van der Waals surface area contributed by atoms with Crippen molar-refractivity contribution in [1.29, 1.82) is 0 Å². The molecule has 22 heavy (non-hydrogen) atoms. The molecule has 0 spiro atoms. The highest BCUT2D eigenvalue weighted by atomic mass is 16.5. The van der Waals surface area contributed by atoms with E-state index in [-0.39, 0.29) is 24.5 Å². The molecule has 0 aliphatic heterocycles. The van der Waals surface area contributed by atoms with E-state index in [9.17, 15) is 14.4 Å². The Labute approximate surface area is 125 Å². The van der Waals surface area contributed by atoms with Gasteiger partial charge in [-0.1, -0.05) is 12.1 Å². The van der Waals surface area contributed by atoms with Crippen LogP contribution in [0.4, 0.5) is 0 Å². The average Bonchev–Trinajstić information content (AvgIpc) is 2.48. The number of carboxylic acids is 1. The van der Waals surface area contributed by atoms with Gasteiger partial charge in [0.2, 0.25) is 0 Å². The van der Waals surface area contributed by atoms with Crippen LogP contribution in [0.3, 0.4) is 0 Å². The molecule has 0 saturated carbocycles. The molecule has 7 nitrogen and oxygen atoms in total. The first kappa shape index (κ1) is 15.3. The van der Waals surface area contributed by atoms with E-state index in [1.165, 1.54) is 22.8 Å². The van der Waals surface area contributed by atoms with Gasteiger partial charge in [-0.2, -0.15) is 0 Å². The molecule has 0 unspecified atom stereocenters. The Morgan fingerprint density at radius 3 is 2.68 bits per heavy atom.